The molecule has 0 spiro atoms. The Bertz CT molecular complexity index is 775. The molecule has 24 heavy (non-hydrogen) atoms. The Kier molecular flexibility index (Phi) is 3.51. The minimum Gasteiger partial charge on any atom is -0.419 e. The summed E-state index contributed by atoms with van der Waals surface area (Å²) in [6.45, 7) is 2.55. The van der Waals surface area contributed by atoms with Crippen molar-refractivity contribution in [2.45, 2.75) is 38.4 Å². The third kappa shape index (κ3) is 2.34. The minimum absolute atomic E-state index is 0.0101. The van der Waals surface area contributed by atoms with Crippen LogP contribution in [-0.4, -0.2) is 55.4 Å². The van der Waals surface area contributed by atoms with Crippen LogP contribution in [-0.2, 0) is 16.1 Å². The van der Waals surface area contributed by atoms with Gasteiger partial charge >= 0.3 is 0 Å². The number of aromatic nitrogens is 3. The summed E-state index contributed by atoms with van der Waals surface area (Å²) in [4.78, 5) is 32.4. The van der Waals surface area contributed by atoms with Gasteiger partial charge in [0.25, 0.3) is 0 Å². The molecule has 2 amide bonds. The van der Waals surface area contributed by atoms with Crippen molar-refractivity contribution in [3.63, 3.8) is 0 Å². The van der Waals surface area contributed by atoms with Crippen LogP contribution in [0.1, 0.15) is 25.7 Å². The summed E-state index contributed by atoms with van der Waals surface area (Å²) in [5.41, 5.74) is 0.715. The van der Waals surface area contributed by atoms with Gasteiger partial charge in [-0.3, -0.25) is 14.6 Å². The van der Waals surface area contributed by atoms with Crippen LogP contribution in [0.5, 0.6) is 0 Å². The van der Waals surface area contributed by atoms with E-state index in [-0.39, 0.29) is 24.4 Å². The molecular weight excluding hydrogens is 310 g/mol. The van der Waals surface area contributed by atoms with Crippen molar-refractivity contribution in [2.24, 2.45) is 0 Å². The Labute approximate surface area is 138 Å². The summed E-state index contributed by atoms with van der Waals surface area (Å²) in [7, 11) is 0. The first-order chi connectivity index (χ1) is 11.6. The fourth-order valence-electron chi connectivity index (χ4n) is 3.33. The summed E-state index contributed by atoms with van der Waals surface area (Å²) in [6.07, 6.45) is 4.88. The van der Waals surface area contributed by atoms with E-state index in [0.717, 1.165) is 12.8 Å². The number of nitrogens with zero attached hydrogens (tertiary/aromatic N) is 5. The Hall–Kier alpha value is -2.77. The first-order valence-electron chi connectivity index (χ1n) is 7.99. The van der Waals surface area contributed by atoms with E-state index in [2.05, 4.69) is 15.2 Å². The molecule has 8 heteroatoms. The molecule has 2 aromatic rings. The van der Waals surface area contributed by atoms with Crippen LogP contribution >= 0.6 is 0 Å². The van der Waals surface area contributed by atoms with Gasteiger partial charge in [-0.15, -0.1) is 10.2 Å². The van der Waals surface area contributed by atoms with Crippen molar-refractivity contribution in [2.75, 3.05) is 6.54 Å². The molecule has 4 rings (SSSR count). The summed E-state index contributed by atoms with van der Waals surface area (Å²) in [5, 5.41) is 8.00. The number of carbonyl (C=O) groups excluding carboxylic acids is 2. The average Bonchev–Trinajstić information content (AvgIpc) is 3.27. The van der Waals surface area contributed by atoms with Crippen LogP contribution in [0.4, 0.5) is 0 Å². The van der Waals surface area contributed by atoms with Crippen molar-refractivity contribution in [3.05, 3.63) is 30.4 Å². The third-order valence-electron chi connectivity index (χ3n) is 4.61. The maximum Gasteiger partial charge on any atom is 0.249 e. The van der Waals surface area contributed by atoms with E-state index in [4.69, 9.17) is 4.42 Å². The fourth-order valence-corrected chi connectivity index (χ4v) is 3.33. The summed E-state index contributed by atoms with van der Waals surface area (Å²) in [5.74, 6) is 0.613. The Morgan fingerprint density at radius 1 is 1.29 bits per heavy atom. The highest BCUT2D eigenvalue weighted by atomic mass is 16.4. The molecule has 0 N–H and O–H groups in total. The van der Waals surface area contributed by atoms with E-state index >= 15 is 0 Å². The molecular formula is C16H17N5O3. The van der Waals surface area contributed by atoms with Crippen LogP contribution in [0.25, 0.3) is 11.5 Å². The maximum atomic E-state index is 12.7. The van der Waals surface area contributed by atoms with Crippen molar-refractivity contribution >= 4 is 11.8 Å². The van der Waals surface area contributed by atoms with Crippen molar-refractivity contribution in [3.8, 4) is 11.5 Å². The number of pyridine rings is 1. The molecule has 2 aliphatic heterocycles. The number of rotatable bonds is 3. The second-order valence-electron chi connectivity index (χ2n) is 6.07. The molecule has 0 unspecified atom stereocenters. The second kappa shape index (κ2) is 5.70. The van der Waals surface area contributed by atoms with Gasteiger partial charge in [0, 0.05) is 18.9 Å². The Morgan fingerprint density at radius 2 is 2.17 bits per heavy atom. The molecule has 8 nitrogen and oxygen atoms in total. The number of amides is 2. The Morgan fingerprint density at radius 3 is 2.96 bits per heavy atom. The van der Waals surface area contributed by atoms with E-state index in [1.807, 2.05) is 6.07 Å². The number of piperazine rings is 1. The summed E-state index contributed by atoms with van der Waals surface area (Å²) >= 11 is 0. The molecule has 124 valence electrons. The van der Waals surface area contributed by atoms with Gasteiger partial charge in [-0.1, -0.05) is 0 Å². The highest BCUT2D eigenvalue weighted by Gasteiger charge is 2.46. The predicted molar refractivity (Wildman–Crippen MR) is 82.3 cm³/mol. The standard InChI is InChI=1S/C16H17N5O3/c1-10-15(22)20-7-3-5-12(20)16(23)21(10)9-13-18-19-14(24-13)11-4-2-6-17-8-11/h2,4,6,8,10,12H,3,5,7,9H2,1H3/t10-,12+/m0/s1. The normalized spacial score (nSPS) is 23.7. The van der Waals surface area contributed by atoms with Crippen LogP contribution in [0.3, 0.4) is 0 Å². The summed E-state index contributed by atoms with van der Waals surface area (Å²) < 4.78 is 5.63. The molecule has 0 radical (unpaired) electrons. The number of fused-ring (bicyclic) bond motifs is 1. The number of hydrogen-bond donors (Lipinski definition) is 0. The van der Waals surface area contributed by atoms with Gasteiger partial charge < -0.3 is 14.2 Å². The molecule has 2 fully saturated rings. The topological polar surface area (TPSA) is 92.4 Å². The lowest BCUT2D eigenvalue weighted by Gasteiger charge is -2.40. The molecule has 2 saturated heterocycles. The molecule has 0 saturated carbocycles. The highest BCUT2D eigenvalue weighted by molar-refractivity contribution is 5.97. The van der Waals surface area contributed by atoms with Gasteiger partial charge in [-0.25, -0.2) is 0 Å². The first kappa shape index (κ1) is 14.8. The molecule has 0 aliphatic carbocycles. The van der Waals surface area contributed by atoms with Crippen LogP contribution < -0.4 is 0 Å². The number of hydrogen-bond acceptors (Lipinski definition) is 6. The molecule has 2 atom stereocenters. The van der Waals surface area contributed by atoms with Crippen molar-refractivity contribution in [1.29, 1.82) is 0 Å². The lowest BCUT2D eigenvalue weighted by atomic mass is 10.1. The lowest BCUT2D eigenvalue weighted by Crippen LogP contribution is -2.61. The van der Waals surface area contributed by atoms with Crippen LogP contribution in [0.2, 0.25) is 0 Å². The van der Waals surface area contributed by atoms with Gasteiger partial charge in [0.2, 0.25) is 23.6 Å². The molecule has 2 aromatic heterocycles. The first-order valence-corrected chi connectivity index (χ1v) is 7.99. The van der Waals surface area contributed by atoms with Gasteiger partial charge in [-0.05, 0) is 31.9 Å². The average molecular weight is 327 g/mol. The lowest BCUT2D eigenvalue weighted by molar-refractivity contribution is -0.159. The number of carbonyl (C=O) groups is 2. The SMILES string of the molecule is C[C@H]1C(=O)N2CCC[C@@H]2C(=O)N1Cc1nnc(-c2cccnc2)o1. The fraction of sp³-hybridized carbons (Fsp3) is 0.438. The van der Waals surface area contributed by atoms with Gasteiger partial charge in [0.15, 0.2) is 0 Å². The van der Waals surface area contributed by atoms with Crippen molar-refractivity contribution in [1.82, 2.24) is 25.0 Å². The monoisotopic (exact) mass is 327 g/mol. The highest BCUT2D eigenvalue weighted by Crippen LogP contribution is 2.28. The van der Waals surface area contributed by atoms with E-state index in [1.165, 1.54) is 4.90 Å². The summed E-state index contributed by atoms with van der Waals surface area (Å²) in [6, 6.07) is 2.75. The Balaban J connectivity index is 1.55. The van der Waals surface area contributed by atoms with E-state index in [9.17, 15) is 9.59 Å². The maximum absolute atomic E-state index is 12.7. The molecule has 2 aliphatic rings. The van der Waals surface area contributed by atoms with Gasteiger partial charge in [0.1, 0.15) is 12.1 Å². The van der Waals surface area contributed by atoms with Crippen molar-refractivity contribution < 1.29 is 14.0 Å². The zero-order valence-corrected chi connectivity index (χ0v) is 13.3. The van der Waals surface area contributed by atoms with Crippen LogP contribution in [0.15, 0.2) is 28.9 Å². The molecule has 0 aromatic carbocycles. The zero-order valence-electron chi connectivity index (χ0n) is 13.3. The second-order valence-corrected chi connectivity index (χ2v) is 6.07. The molecule has 4 heterocycles. The predicted octanol–water partition coefficient (Wildman–Crippen LogP) is 0.853. The zero-order chi connectivity index (χ0) is 16.7. The third-order valence-corrected chi connectivity index (χ3v) is 4.61. The smallest absolute Gasteiger partial charge is 0.249 e. The van der Waals surface area contributed by atoms with Gasteiger partial charge in [-0.2, -0.15) is 0 Å². The van der Waals surface area contributed by atoms with Crippen LogP contribution in [0, 0.1) is 0 Å². The minimum atomic E-state index is -0.513. The largest absolute Gasteiger partial charge is 0.419 e. The quantitative estimate of drug-likeness (QED) is 0.830. The van der Waals surface area contributed by atoms with E-state index in [1.54, 1.807) is 30.3 Å². The van der Waals surface area contributed by atoms with E-state index in [0.29, 0.717) is 23.9 Å². The van der Waals surface area contributed by atoms with E-state index < -0.39 is 6.04 Å². The van der Waals surface area contributed by atoms with Gasteiger partial charge in [0.05, 0.1) is 12.1 Å². The molecule has 0 bridgehead atoms.